The van der Waals surface area contributed by atoms with Crippen LogP contribution in [-0.2, 0) is 11.3 Å². The van der Waals surface area contributed by atoms with Gasteiger partial charge in [-0.1, -0.05) is 18.2 Å². The summed E-state index contributed by atoms with van der Waals surface area (Å²) in [6.07, 6.45) is 4.50. The zero-order valence-electron chi connectivity index (χ0n) is 13.4. The van der Waals surface area contributed by atoms with Crippen LogP contribution in [0.3, 0.4) is 0 Å². The number of hydrogen-bond donors (Lipinski definition) is 2. The third-order valence-corrected chi connectivity index (χ3v) is 4.65. The highest BCUT2D eigenvalue weighted by atomic mass is 19.1. The summed E-state index contributed by atoms with van der Waals surface area (Å²) in [6, 6.07) is 7.76. The Labute approximate surface area is 139 Å². The molecule has 0 amide bonds. The van der Waals surface area contributed by atoms with E-state index in [0.717, 1.165) is 11.3 Å². The van der Waals surface area contributed by atoms with Gasteiger partial charge in [0.05, 0.1) is 11.6 Å². The maximum Gasteiger partial charge on any atom is 0.306 e. The van der Waals surface area contributed by atoms with Crippen molar-refractivity contribution in [1.82, 2.24) is 20.1 Å². The molecule has 1 aliphatic carbocycles. The van der Waals surface area contributed by atoms with Gasteiger partial charge in [-0.15, -0.1) is 0 Å². The Kier molecular flexibility index (Phi) is 4.89. The molecule has 0 aliphatic heterocycles. The monoisotopic (exact) mass is 332 g/mol. The Morgan fingerprint density at radius 3 is 2.79 bits per heavy atom. The summed E-state index contributed by atoms with van der Waals surface area (Å²) < 4.78 is 16.5. The molecule has 0 radical (unpaired) electrons. The van der Waals surface area contributed by atoms with Crippen molar-refractivity contribution in [3.63, 3.8) is 0 Å². The highest BCUT2D eigenvalue weighted by Gasteiger charge is 2.37. The van der Waals surface area contributed by atoms with Crippen molar-refractivity contribution in [2.75, 3.05) is 6.54 Å². The van der Waals surface area contributed by atoms with Crippen LogP contribution >= 0.6 is 0 Å². The van der Waals surface area contributed by atoms with E-state index in [4.69, 9.17) is 5.11 Å². The van der Waals surface area contributed by atoms with Gasteiger partial charge in [0.2, 0.25) is 0 Å². The fraction of sp³-hybridized carbons (Fsp3) is 0.471. The summed E-state index contributed by atoms with van der Waals surface area (Å²) in [6.45, 7) is 0.745. The standard InChI is InChI=1S/C17H21FN4O2/c18-17(7-5-13(6-8-17)16(23)24)10-19-9-14-3-1-2-4-15(14)22-12-20-11-21-22/h1-4,11-13,19H,5-10H2,(H,23,24). The number of carboxylic acids is 1. The number of para-hydroxylation sites is 1. The Bertz CT molecular complexity index is 682. The number of aliphatic carboxylic acids is 1. The van der Waals surface area contributed by atoms with Crippen molar-refractivity contribution >= 4 is 5.97 Å². The van der Waals surface area contributed by atoms with Crippen LogP contribution in [-0.4, -0.2) is 38.1 Å². The molecule has 7 heteroatoms. The van der Waals surface area contributed by atoms with Gasteiger partial charge in [0.1, 0.15) is 18.3 Å². The largest absolute Gasteiger partial charge is 0.481 e. The molecule has 1 saturated carbocycles. The van der Waals surface area contributed by atoms with Crippen LogP contribution in [0.1, 0.15) is 31.2 Å². The third kappa shape index (κ3) is 3.79. The normalized spacial score (nSPS) is 24.0. The van der Waals surface area contributed by atoms with E-state index in [-0.39, 0.29) is 6.54 Å². The lowest BCUT2D eigenvalue weighted by atomic mass is 9.80. The second-order valence-corrected chi connectivity index (χ2v) is 6.34. The van der Waals surface area contributed by atoms with E-state index in [0.29, 0.717) is 32.2 Å². The number of carbonyl (C=O) groups is 1. The van der Waals surface area contributed by atoms with E-state index in [1.165, 1.54) is 6.33 Å². The number of rotatable bonds is 6. The van der Waals surface area contributed by atoms with Gasteiger partial charge in [-0.05, 0) is 37.3 Å². The van der Waals surface area contributed by atoms with Gasteiger partial charge in [0.25, 0.3) is 0 Å². The molecule has 0 bridgehead atoms. The summed E-state index contributed by atoms with van der Waals surface area (Å²) in [5.41, 5.74) is 0.588. The van der Waals surface area contributed by atoms with Crippen molar-refractivity contribution in [3.8, 4) is 5.69 Å². The lowest BCUT2D eigenvalue weighted by Crippen LogP contribution is -2.41. The number of alkyl halides is 1. The molecular formula is C17H21FN4O2. The smallest absolute Gasteiger partial charge is 0.306 e. The number of halogens is 1. The zero-order chi connectivity index (χ0) is 17.0. The lowest BCUT2D eigenvalue weighted by molar-refractivity contribution is -0.143. The van der Waals surface area contributed by atoms with E-state index in [2.05, 4.69) is 15.4 Å². The molecule has 0 atom stereocenters. The first-order valence-corrected chi connectivity index (χ1v) is 8.13. The summed E-state index contributed by atoms with van der Waals surface area (Å²) in [7, 11) is 0. The van der Waals surface area contributed by atoms with E-state index in [1.54, 1.807) is 11.0 Å². The molecule has 1 heterocycles. The molecule has 0 saturated heterocycles. The van der Waals surface area contributed by atoms with Crippen molar-refractivity contribution in [2.45, 2.75) is 37.9 Å². The molecule has 2 aromatic rings. The molecule has 2 N–H and O–H groups in total. The highest BCUT2D eigenvalue weighted by molar-refractivity contribution is 5.70. The van der Waals surface area contributed by atoms with Crippen molar-refractivity contribution in [3.05, 3.63) is 42.5 Å². The molecular weight excluding hydrogens is 311 g/mol. The summed E-state index contributed by atoms with van der Waals surface area (Å²) in [5.74, 6) is -1.21. The van der Waals surface area contributed by atoms with E-state index >= 15 is 0 Å². The van der Waals surface area contributed by atoms with Crippen LogP contribution < -0.4 is 5.32 Å². The minimum Gasteiger partial charge on any atom is -0.481 e. The fourth-order valence-electron chi connectivity index (χ4n) is 3.20. The molecule has 1 fully saturated rings. The Morgan fingerprint density at radius 1 is 1.38 bits per heavy atom. The topological polar surface area (TPSA) is 80.0 Å². The van der Waals surface area contributed by atoms with Crippen LogP contribution in [0.2, 0.25) is 0 Å². The van der Waals surface area contributed by atoms with Crippen molar-refractivity contribution < 1.29 is 14.3 Å². The van der Waals surface area contributed by atoms with Gasteiger partial charge in [-0.3, -0.25) is 4.79 Å². The minimum absolute atomic E-state index is 0.227. The second kappa shape index (κ2) is 7.09. The maximum atomic E-state index is 14.8. The van der Waals surface area contributed by atoms with E-state index in [9.17, 15) is 9.18 Å². The van der Waals surface area contributed by atoms with Gasteiger partial charge in [0, 0.05) is 13.1 Å². The molecule has 3 rings (SSSR count). The van der Waals surface area contributed by atoms with Crippen molar-refractivity contribution in [1.29, 1.82) is 0 Å². The molecule has 1 aromatic heterocycles. The van der Waals surface area contributed by atoms with Crippen molar-refractivity contribution in [2.24, 2.45) is 5.92 Å². The van der Waals surface area contributed by atoms with Gasteiger partial charge in [0.15, 0.2) is 0 Å². The average Bonchev–Trinajstić information content (AvgIpc) is 3.10. The number of benzene rings is 1. The van der Waals surface area contributed by atoms with Crippen LogP contribution in [0.5, 0.6) is 0 Å². The summed E-state index contributed by atoms with van der Waals surface area (Å²) in [5, 5.41) is 16.3. The van der Waals surface area contributed by atoms with E-state index < -0.39 is 17.6 Å². The third-order valence-electron chi connectivity index (χ3n) is 4.65. The molecule has 0 unspecified atom stereocenters. The second-order valence-electron chi connectivity index (χ2n) is 6.34. The van der Waals surface area contributed by atoms with Gasteiger partial charge >= 0.3 is 5.97 Å². The Balaban J connectivity index is 1.57. The summed E-state index contributed by atoms with van der Waals surface area (Å²) in [4.78, 5) is 14.9. The molecule has 6 nitrogen and oxygen atoms in total. The number of carboxylic acid groups (broad SMARTS) is 1. The molecule has 1 aliphatic rings. The molecule has 128 valence electrons. The lowest BCUT2D eigenvalue weighted by Gasteiger charge is -2.32. The first-order chi connectivity index (χ1) is 11.6. The number of aromatic nitrogens is 3. The van der Waals surface area contributed by atoms with Gasteiger partial charge in [-0.2, -0.15) is 5.10 Å². The number of hydrogen-bond acceptors (Lipinski definition) is 4. The number of nitrogens with zero attached hydrogens (tertiary/aromatic N) is 3. The Hall–Kier alpha value is -2.28. The van der Waals surface area contributed by atoms with Crippen LogP contribution in [0.4, 0.5) is 4.39 Å². The van der Waals surface area contributed by atoms with Gasteiger partial charge in [-0.25, -0.2) is 14.1 Å². The van der Waals surface area contributed by atoms with E-state index in [1.807, 2.05) is 24.3 Å². The first-order valence-electron chi connectivity index (χ1n) is 8.13. The maximum absolute atomic E-state index is 14.8. The van der Waals surface area contributed by atoms with Gasteiger partial charge < -0.3 is 10.4 Å². The SMILES string of the molecule is O=C(O)C1CCC(F)(CNCc2ccccc2-n2cncn2)CC1. The van der Waals surface area contributed by atoms with Crippen LogP contribution in [0, 0.1) is 5.92 Å². The molecule has 24 heavy (non-hydrogen) atoms. The molecule has 1 aromatic carbocycles. The number of nitrogens with one attached hydrogen (secondary N) is 1. The zero-order valence-corrected chi connectivity index (χ0v) is 13.4. The quantitative estimate of drug-likeness (QED) is 0.849. The predicted molar refractivity (Wildman–Crippen MR) is 86.5 cm³/mol. The summed E-state index contributed by atoms with van der Waals surface area (Å²) >= 11 is 0. The van der Waals surface area contributed by atoms with Crippen LogP contribution in [0.25, 0.3) is 5.69 Å². The fourth-order valence-corrected chi connectivity index (χ4v) is 3.20. The highest BCUT2D eigenvalue weighted by Crippen LogP contribution is 2.34. The van der Waals surface area contributed by atoms with Crippen LogP contribution in [0.15, 0.2) is 36.9 Å². The average molecular weight is 332 g/mol. The Morgan fingerprint density at radius 2 is 2.12 bits per heavy atom. The minimum atomic E-state index is -1.33. The predicted octanol–water partition coefficient (Wildman–Crippen LogP) is 2.34. The first kappa shape index (κ1) is 16.6. The molecule has 0 spiro atoms.